The smallest absolute Gasteiger partial charge is 0.222 e. The van der Waals surface area contributed by atoms with E-state index in [1.165, 1.54) is 11.1 Å². The largest absolute Gasteiger partial charge is 0.333 e. The van der Waals surface area contributed by atoms with E-state index in [4.69, 9.17) is 4.98 Å². The van der Waals surface area contributed by atoms with Gasteiger partial charge in [0.2, 0.25) is 5.91 Å². The van der Waals surface area contributed by atoms with Crippen molar-refractivity contribution >= 4 is 16.9 Å². The van der Waals surface area contributed by atoms with Crippen molar-refractivity contribution < 1.29 is 4.79 Å². The molecule has 0 saturated carbocycles. The van der Waals surface area contributed by atoms with E-state index < -0.39 is 0 Å². The summed E-state index contributed by atoms with van der Waals surface area (Å²) in [5.74, 6) is 1.24. The molecule has 1 unspecified atom stereocenters. The van der Waals surface area contributed by atoms with Crippen molar-refractivity contribution in [1.82, 2.24) is 14.5 Å². The van der Waals surface area contributed by atoms with Crippen LogP contribution in [0.15, 0.2) is 48.5 Å². The molecular formula is C22H25N3O. The second-order valence-electron chi connectivity index (χ2n) is 7.13. The number of nitrogens with zero attached hydrogens (tertiary/aromatic N) is 3. The average Bonchev–Trinajstić information content (AvgIpc) is 3.28. The monoisotopic (exact) mass is 347 g/mol. The van der Waals surface area contributed by atoms with Crippen LogP contribution in [0.1, 0.15) is 49.2 Å². The Morgan fingerprint density at radius 2 is 1.92 bits per heavy atom. The zero-order chi connectivity index (χ0) is 18.1. The molecular weight excluding hydrogens is 322 g/mol. The predicted molar refractivity (Wildman–Crippen MR) is 104 cm³/mol. The molecule has 2 aromatic carbocycles. The van der Waals surface area contributed by atoms with E-state index in [-0.39, 0.29) is 11.9 Å². The summed E-state index contributed by atoms with van der Waals surface area (Å²) in [6.07, 6.45) is 2.59. The third kappa shape index (κ3) is 3.00. The Morgan fingerprint density at radius 3 is 2.69 bits per heavy atom. The van der Waals surface area contributed by atoms with Gasteiger partial charge in [-0.2, -0.15) is 0 Å². The number of likely N-dealkylation sites (tertiary alicyclic amines) is 1. The molecule has 0 spiro atoms. The maximum atomic E-state index is 12.4. The van der Waals surface area contributed by atoms with Gasteiger partial charge in [-0.1, -0.05) is 48.9 Å². The van der Waals surface area contributed by atoms with Gasteiger partial charge in [-0.3, -0.25) is 4.79 Å². The van der Waals surface area contributed by atoms with Gasteiger partial charge in [0.25, 0.3) is 0 Å². The highest BCUT2D eigenvalue weighted by molar-refractivity contribution is 5.78. The molecule has 0 N–H and O–H groups in total. The Kier molecular flexibility index (Phi) is 4.49. The lowest BCUT2D eigenvalue weighted by Crippen LogP contribution is -2.31. The van der Waals surface area contributed by atoms with Crippen LogP contribution in [0.3, 0.4) is 0 Å². The third-order valence-corrected chi connectivity index (χ3v) is 5.32. The molecule has 4 nitrogen and oxygen atoms in total. The topological polar surface area (TPSA) is 38.1 Å². The summed E-state index contributed by atoms with van der Waals surface area (Å²) in [6, 6.07) is 17.0. The normalized spacial score (nSPS) is 17.2. The number of aryl methyl sites for hydroxylation is 1. The minimum Gasteiger partial charge on any atom is -0.333 e. The molecule has 1 aliphatic rings. The van der Waals surface area contributed by atoms with Crippen LogP contribution in [0.25, 0.3) is 11.0 Å². The van der Waals surface area contributed by atoms with Crippen LogP contribution in [0.5, 0.6) is 0 Å². The molecule has 26 heavy (non-hydrogen) atoms. The molecule has 2 heterocycles. The second-order valence-corrected chi connectivity index (χ2v) is 7.13. The van der Waals surface area contributed by atoms with Gasteiger partial charge in [-0.15, -0.1) is 0 Å². The fourth-order valence-electron chi connectivity index (χ4n) is 3.93. The van der Waals surface area contributed by atoms with Crippen molar-refractivity contribution in [3.05, 3.63) is 65.5 Å². The number of aromatic nitrogens is 2. The molecule has 3 aromatic rings. The van der Waals surface area contributed by atoms with E-state index in [0.717, 1.165) is 42.8 Å². The highest BCUT2D eigenvalue weighted by atomic mass is 16.2. The predicted octanol–water partition coefficient (Wildman–Crippen LogP) is 4.47. The molecule has 4 rings (SSSR count). The third-order valence-electron chi connectivity index (χ3n) is 5.32. The molecule has 134 valence electrons. The van der Waals surface area contributed by atoms with Crippen molar-refractivity contribution in [2.75, 3.05) is 6.54 Å². The molecule has 1 amide bonds. The van der Waals surface area contributed by atoms with Gasteiger partial charge in [0.15, 0.2) is 0 Å². The highest BCUT2D eigenvalue weighted by Gasteiger charge is 2.32. The number of rotatable bonds is 4. The van der Waals surface area contributed by atoms with Gasteiger partial charge in [0.1, 0.15) is 5.82 Å². The van der Waals surface area contributed by atoms with E-state index in [1.807, 2.05) is 17.9 Å². The number of hydrogen-bond acceptors (Lipinski definition) is 2. The molecule has 1 saturated heterocycles. The van der Waals surface area contributed by atoms with Crippen LogP contribution in [-0.2, 0) is 11.3 Å². The number of carbonyl (C=O) groups is 1. The lowest BCUT2D eigenvalue weighted by Gasteiger charge is -2.25. The number of carbonyl (C=O) groups excluding carboxylic acids is 1. The number of fused-ring (bicyclic) bond motifs is 1. The lowest BCUT2D eigenvalue weighted by molar-refractivity contribution is -0.131. The van der Waals surface area contributed by atoms with Crippen LogP contribution in [0, 0.1) is 6.92 Å². The van der Waals surface area contributed by atoms with Crippen molar-refractivity contribution in [3.63, 3.8) is 0 Å². The molecule has 4 heteroatoms. The first-order valence-corrected chi connectivity index (χ1v) is 9.47. The zero-order valence-electron chi connectivity index (χ0n) is 15.5. The standard InChI is InChI=1S/C22H25N3O/c1-3-21(26)24-14-6-9-20(24)22-23-18-7-4-5-8-19(18)25(22)15-17-12-10-16(2)11-13-17/h4-5,7-8,10-13,20H,3,6,9,14-15H2,1-2H3. The molecule has 0 aliphatic carbocycles. The van der Waals surface area contributed by atoms with Crippen LogP contribution >= 0.6 is 0 Å². The summed E-state index contributed by atoms with van der Waals surface area (Å²) in [5, 5.41) is 0. The number of para-hydroxylation sites is 2. The molecule has 1 aliphatic heterocycles. The minimum absolute atomic E-state index is 0.0836. The summed E-state index contributed by atoms with van der Waals surface area (Å²) in [4.78, 5) is 19.4. The maximum absolute atomic E-state index is 12.4. The Hall–Kier alpha value is -2.62. The molecule has 1 aromatic heterocycles. The number of imidazole rings is 1. The van der Waals surface area contributed by atoms with Crippen LogP contribution in [-0.4, -0.2) is 26.9 Å². The molecule has 0 radical (unpaired) electrons. The quantitative estimate of drug-likeness (QED) is 0.698. The van der Waals surface area contributed by atoms with Gasteiger partial charge in [-0.25, -0.2) is 4.98 Å². The van der Waals surface area contributed by atoms with Crippen LogP contribution < -0.4 is 0 Å². The van der Waals surface area contributed by atoms with E-state index in [1.54, 1.807) is 0 Å². The Bertz CT molecular complexity index is 926. The van der Waals surface area contributed by atoms with Gasteiger partial charge in [0.05, 0.1) is 17.1 Å². The Balaban J connectivity index is 1.79. The summed E-state index contributed by atoms with van der Waals surface area (Å²) in [6.45, 7) is 5.66. The van der Waals surface area contributed by atoms with Crippen molar-refractivity contribution in [3.8, 4) is 0 Å². The maximum Gasteiger partial charge on any atom is 0.222 e. The number of amides is 1. The average molecular weight is 347 g/mol. The van der Waals surface area contributed by atoms with Crippen molar-refractivity contribution in [1.29, 1.82) is 0 Å². The summed E-state index contributed by atoms with van der Waals surface area (Å²) < 4.78 is 2.30. The van der Waals surface area contributed by atoms with Crippen molar-refractivity contribution in [2.24, 2.45) is 0 Å². The second kappa shape index (κ2) is 6.94. The fraction of sp³-hybridized carbons (Fsp3) is 0.364. The zero-order valence-corrected chi connectivity index (χ0v) is 15.5. The first-order chi connectivity index (χ1) is 12.7. The molecule has 1 fully saturated rings. The fourth-order valence-corrected chi connectivity index (χ4v) is 3.93. The van der Waals surface area contributed by atoms with E-state index in [9.17, 15) is 4.79 Å². The molecule has 1 atom stereocenters. The lowest BCUT2D eigenvalue weighted by atomic mass is 10.1. The Morgan fingerprint density at radius 1 is 1.15 bits per heavy atom. The van der Waals surface area contributed by atoms with Gasteiger partial charge < -0.3 is 9.47 Å². The first-order valence-electron chi connectivity index (χ1n) is 9.47. The van der Waals surface area contributed by atoms with Crippen molar-refractivity contribution in [2.45, 2.75) is 45.7 Å². The summed E-state index contributed by atoms with van der Waals surface area (Å²) >= 11 is 0. The highest BCUT2D eigenvalue weighted by Crippen LogP contribution is 2.34. The summed E-state index contributed by atoms with van der Waals surface area (Å²) in [5.41, 5.74) is 4.66. The van der Waals surface area contributed by atoms with Gasteiger partial charge in [-0.05, 0) is 37.5 Å². The van der Waals surface area contributed by atoms with E-state index in [2.05, 4.69) is 54.0 Å². The summed E-state index contributed by atoms with van der Waals surface area (Å²) in [7, 11) is 0. The van der Waals surface area contributed by atoms with Crippen LogP contribution in [0.2, 0.25) is 0 Å². The van der Waals surface area contributed by atoms with E-state index in [0.29, 0.717) is 6.42 Å². The Labute approximate surface area is 154 Å². The van der Waals surface area contributed by atoms with Gasteiger partial charge in [0, 0.05) is 19.5 Å². The first kappa shape index (κ1) is 16.8. The minimum atomic E-state index is 0.0836. The number of benzene rings is 2. The van der Waals surface area contributed by atoms with Gasteiger partial charge >= 0.3 is 0 Å². The SMILES string of the molecule is CCC(=O)N1CCCC1c1nc2ccccc2n1Cc1ccc(C)cc1. The number of hydrogen-bond donors (Lipinski definition) is 0. The molecule has 0 bridgehead atoms. The van der Waals surface area contributed by atoms with E-state index >= 15 is 0 Å². The van der Waals surface area contributed by atoms with Crippen LogP contribution in [0.4, 0.5) is 0 Å².